The fourth-order valence-electron chi connectivity index (χ4n) is 5.15. The lowest BCUT2D eigenvalue weighted by molar-refractivity contribution is -0.139. The molecule has 1 amide bonds. The van der Waals surface area contributed by atoms with Gasteiger partial charge in [0.1, 0.15) is 6.04 Å². The Morgan fingerprint density at radius 2 is 1.50 bits per heavy atom. The molecule has 1 fully saturated rings. The highest BCUT2D eigenvalue weighted by molar-refractivity contribution is 7.89. The Balaban J connectivity index is 1.22. The van der Waals surface area contributed by atoms with Crippen molar-refractivity contribution in [3.63, 3.8) is 0 Å². The largest absolute Gasteiger partial charge is 0.480 e. The Labute approximate surface area is 222 Å². The quantitative estimate of drug-likeness (QED) is 0.430. The van der Waals surface area contributed by atoms with Crippen LogP contribution in [0.3, 0.4) is 0 Å². The maximum absolute atomic E-state index is 13.0. The number of benzene rings is 3. The number of carboxylic acid groups (broad SMARTS) is 1. The van der Waals surface area contributed by atoms with E-state index in [-0.39, 0.29) is 23.6 Å². The molecule has 38 heavy (non-hydrogen) atoms. The van der Waals surface area contributed by atoms with Crippen LogP contribution in [0, 0.1) is 0 Å². The lowest BCUT2D eigenvalue weighted by Crippen LogP contribution is -2.41. The summed E-state index contributed by atoms with van der Waals surface area (Å²) in [6, 6.07) is 20.7. The average molecular weight is 534 g/mol. The van der Waals surface area contributed by atoms with Gasteiger partial charge in [0.2, 0.25) is 15.9 Å². The first-order valence-corrected chi connectivity index (χ1v) is 14.4. The molecular formula is C29H31N3O5S. The van der Waals surface area contributed by atoms with Crippen molar-refractivity contribution in [1.82, 2.24) is 4.72 Å². The number of sulfonamides is 1. The monoisotopic (exact) mass is 533 g/mol. The highest BCUT2D eigenvalue weighted by Crippen LogP contribution is 2.29. The molecule has 2 aliphatic rings. The SMILES string of the molecule is O=C(O)C(CCC(=O)N1CCc2ccccc21)NS(=O)(=O)c1ccc(-c2ccc(N3CCCC3)cc2)cc1. The Morgan fingerprint density at radius 1 is 0.868 bits per heavy atom. The number of amides is 1. The van der Waals surface area contributed by atoms with Crippen molar-refractivity contribution < 1.29 is 23.1 Å². The van der Waals surface area contributed by atoms with E-state index in [9.17, 15) is 23.1 Å². The van der Waals surface area contributed by atoms with Crippen LogP contribution in [0.5, 0.6) is 0 Å². The molecule has 1 saturated heterocycles. The van der Waals surface area contributed by atoms with Gasteiger partial charge in [0.25, 0.3) is 0 Å². The number of carboxylic acids is 1. The van der Waals surface area contributed by atoms with Crippen molar-refractivity contribution in [2.45, 2.75) is 43.0 Å². The minimum absolute atomic E-state index is 0.0269. The summed E-state index contributed by atoms with van der Waals surface area (Å²) in [5, 5.41) is 9.66. The van der Waals surface area contributed by atoms with E-state index in [1.807, 2.05) is 36.4 Å². The smallest absolute Gasteiger partial charge is 0.321 e. The Kier molecular flexibility index (Phi) is 7.49. The van der Waals surface area contributed by atoms with Crippen LogP contribution < -0.4 is 14.5 Å². The third-order valence-electron chi connectivity index (χ3n) is 7.27. The van der Waals surface area contributed by atoms with E-state index in [2.05, 4.69) is 21.8 Å². The van der Waals surface area contributed by atoms with Gasteiger partial charge in [-0.05, 0) is 72.7 Å². The van der Waals surface area contributed by atoms with E-state index >= 15 is 0 Å². The number of aliphatic carboxylic acids is 1. The zero-order valence-corrected chi connectivity index (χ0v) is 21.9. The fourth-order valence-corrected chi connectivity index (χ4v) is 6.38. The highest BCUT2D eigenvalue weighted by Gasteiger charge is 2.29. The first-order valence-electron chi connectivity index (χ1n) is 12.9. The van der Waals surface area contributed by atoms with Crippen LogP contribution in [0.25, 0.3) is 11.1 Å². The van der Waals surface area contributed by atoms with Crippen molar-refractivity contribution in [3.05, 3.63) is 78.4 Å². The Hall–Kier alpha value is -3.69. The predicted octanol–water partition coefficient (Wildman–Crippen LogP) is 4.05. The van der Waals surface area contributed by atoms with Gasteiger partial charge in [-0.3, -0.25) is 9.59 Å². The van der Waals surface area contributed by atoms with E-state index in [4.69, 9.17) is 0 Å². The number of para-hydroxylation sites is 1. The highest BCUT2D eigenvalue weighted by atomic mass is 32.2. The van der Waals surface area contributed by atoms with Crippen LogP contribution >= 0.6 is 0 Å². The molecule has 3 aromatic rings. The molecule has 2 N–H and O–H groups in total. The molecule has 0 radical (unpaired) electrons. The molecule has 2 aliphatic heterocycles. The molecule has 0 aliphatic carbocycles. The molecule has 0 bridgehead atoms. The van der Waals surface area contributed by atoms with Crippen molar-refractivity contribution in [2.24, 2.45) is 0 Å². The van der Waals surface area contributed by atoms with E-state index in [1.165, 1.54) is 30.7 Å². The molecule has 9 heteroatoms. The van der Waals surface area contributed by atoms with Crippen molar-refractivity contribution >= 4 is 33.3 Å². The van der Waals surface area contributed by atoms with Gasteiger partial charge in [0, 0.05) is 37.4 Å². The van der Waals surface area contributed by atoms with Crippen molar-refractivity contribution in [1.29, 1.82) is 0 Å². The summed E-state index contributed by atoms with van der Waals surface area (Å²) < 4.78 is 28.2. The predicted molar refractivity (Wildman–Crippen MR) is 147 cm³/mol. The second-order valence-electron chi connectivity index (χ2n) is 9.74. The minimum Gasteiger partial charge on any atom is -0.480 e. The van der Waals surface area contributed by atoms with Crippen LogP contribution in [0.15, 0.2) is 77.7 Å². The number of hydrogen-bond acceptors (Lipinski definition) is 5. The van der Waals surface area contributed by atoms with Crippen molar-refractivity contribution in [3.8, 4) is 11.1 Å². The molecule has 2 heterocycles. The number of nitrogens with zero attached hydrogens (tertiary/aromatic N) is 2. The normalized spacial score (nSPS) is 15.9. The molecule has 0 aromatic heterocycles. The van der Waals surface area contributed by atoms with E-state index in [0.29, 0.717) is 6.54 Å². The maximum atomic E-state index is 13.0. The maximum Gasteiger partial charge on any atom is 0.321 e. The first-order chi connectivity index (χ1) is 18.3. The van der Waals surface area contributed by atoms with Gasteiger partial charge in [-0.25, -0.2) is 8.42 Å². The van der Waals surface area contributed by atoms with Crippen LogP contribution in [-0.4, -0.2) is 51.1 Å². The second kappa shape index (κ2) is 11.0. The molecule has 1 atom stereocenters. The molecule has 3 aromatic carbocycles. The number of rotatable bonds is 9. The number of fused-ring (bicyclic) bond motifs is 1. The van der Waals surface area contributed by atoms with Crippen LogP contribution in [0.2, 0.25) is 0 Å². The number of carbonyl (C=O) groups is 2. The number of anilines is 2. The van der Waals surface area contributed by atoms with Gasteiger partial charge in [0.05, 0.1) is 4.90 Å². The first kappa shape index (κ1) is 25.9. The minimum atomic E-state index is -4.10. The molecule has 198 valence electrons. The van der Waals surface area contributed by atoms with Gasteiger partial charge >= 0.3 is 5.97 Å². The zero-order valence-electron chi connectivity index (χ0n) is 21.0. The molecule has 8 nitrogen and oxygen atoms in total. The zero-order chi connectivity index (χ0) is 26.7. The molecule has 5 rings (SSSR count). The standard InChI is InChI=1S/C29H31N3O5S/c33-28(32-20-17-23-5-1-2-6-27(23)32)16-15-26(29(34)35)30-38(36,37)25-13-9-22(10-14-25)21-7-11-24(12-8-21)31-18-3-4-19-31/h1-2,5-14,26,30H,3-4,15-20H2,(H,34,35). The summed E-state index contributed by atoms with van der Waals surface area (Å²) in [6.07, 6.45) is 2.93. The second-order valence-corrected chi connectivity index (χ2v) is 11.5. The summed E-state index contributed by atoms with van der Waals surface area (Å²) in [6.45, 7) is 2.67. The van der Waals surface area contributed by atoms with Gasteiger partial charge in [-0.2, -0.15) is 4.72 Å². The topological polar surface area (TPSA) is 107 Å². The van der Waals surface area contributed by atoms with Gasteiger partial charge in [-0.1, -0.05) is 42.5 Å². The summed E-state index contributed by atoms with van der Waals surface area (Å²) in [5.41, 5.74) is 4.92. The van der Waals surface area contributed by atoms with E-state index < -0.39 is 22.0 Å². The van der Waals surface area contributed by atoms with Crippen LogP contribution in [0.4, 0.5) is 11.4 Å². The van der Waals surface area contributed by atoms with E-state index in [0.717, 1.165) is 41.9 Å². The third-order valence-corrected chi connectivity index (χ3v) is 8.75. The summed E-state index contributed by atoms with van der Waals surface area (Å²) in [7, 11) is -4.10. The van der Waals surface area contributed by atoms with Gasteiger partial charge in [0.15, 0.2) is 0 Å². The summed E-state index contributed by atoms with van der Waals surface area (Å²) >= 11 is 0. The average Bonchev–Trinajstić information content (AvgIpc) is 3.62. The van der Waals surface area contributed by atoms with Gasteiger partial charge in [-0.15, -0.1) is 0 Å². The molecular weight excluding hydrogens is 502 g/mol. The van der Waals surface area contributed by atoms with Crippen LogP contribution in [0.1, 0.15) is 31.2 Å². The molecule has 0 saturated carbocycles. The van der Waals surface area contributed by atoms with Crippen LogP contribution in [-0.2, 0) is 26.0 Å². The fraction of sp³-hybridized carbons (Fsp3) is 0.310. The summed E-state index contributed by atoms with van der Waals surface area (Å²) in [5.74, 6) is -1.54. The lowest BCUT2D eigenvalue weighted by Gasteiger charge is -2.19. The number of nitrogens with one attached hydrogen (secondary N) is 1. The third kappa shape index (κ3) is 5.58. The van der Waals surface area contributed by atoms with E-state index in [1.54, 1.807) is 17.0 Å². The number of carbonyl (C=O) groups excluding carboxylic acids is 1. The summed E-state index contributed by atoms with van der Waals surface area (Å²) in [4.78, 5) is 28.6. The number of hydrogen-bond donors (Lipinski definition) is 2. The lowest BCUT2D eigenvalue weighted by atomic mass is 10.1. The van der Waals surface area contributed by atoms with Gasteiger partial charge < -0.3 is 14.9 Å². The van der Waals surface area contributed by atoms with Crippen molar-refractivity contribution in [2.75, 3.05) is 29.4 Å². The molecule has 1 unspecified atom stereocenters. The Morgan fingerprint density at radius 3 is 2.16 bits per heavy atom. The Bertz CT molecular complexity index is 1420. The molecule has 0 spiro atoms.